The standard InChI is InChI=1S/C18H22N4O3/c1-20(14-5-3-2-4-6-14)15-7-10-21(11-8-15)17(24)13-22-12-9-16(23)19-18(22)25/h2-6,9,12,15H,7-8,10-11,13H2,1H3,(H,19,23,25). The second-order valence-corrected chi connectivity index (χ2v) is 6.30. The van der Waals surface area contributed by atoms with Gasteiger partial charge < -0.3 is 9.80 Å². The van der Waals surface area contributed by atoms with Crippen molar-refractivity contribution in [2.45, 2.75) is 25.4 Å². The number of likely N-dealkylation sites (tertiary alicyclic amines) is 1. The van der Waals surface area contributed by atoms with E-state index in [-0.39, 0.29) is 12.5 Å². The summed E-state index contributed by atoms with van der Waals surface area (Å²) in [5, 5.41) is 0. The SMILES string of the molecule is CN(c1ccccc1)C1CCN(C(=O)Cn2ccc(=O)[nH]c2=O)CC1. The van der Waals surface area contributed by atoms with Crippen LogP contribution in [0.2, 0.25) is 0 Å². The Morgan fingerprint density at radius 1 is 1.16 bits per heavy atom. The summed E-state index contributed by atoms with van der Waals surface area (Å²) in [5.74, 6) is -0.102. The second-order valence-electron chi connectivity index (χ2n) is 6.30. The number of benzene rings is 1. The number of nitrogens with zero attached hydrogens (tertiary/aromatic N) is 3. The Kier molecular flexibility index (Phi) is 5.02. The van der Waals surface area contributed by atoms with Gasteiger partial charge in [-0.2, -0.15) is 0 Å². The Morgan fingerprint density at radius 2 is 1.84 bits per heavy atom. The zero-order valence-corrected chi connectivity index (χ0v) is 14.2. The third-order valence-corrected chi connectivity index (χ3v) is 4.73. The van der Waals surface area contributed by atoms with Crippen LogP contribution >= 0.6 is 0 Å². The summed E-state index contributed by atoms with van der Waals surface area (Å²) in [4.78, 5) is 41.4. The van der Waals surface area contributed by atoms with Crippen molar-refractivity contribution in [2.24, 2.45) is 0 Å². The van der Waals surface area contributed by atoms with E-state index in [1.807, 2.05) is 18.2 Å². The van der Waals surface area contributed by atoms with Crippen LogP contribution < -0.4 is 16.1 Å². The first-order chi connectivity index (χ1) is 12.0. The van der Waals surface area contributed by atoms with Gasteiger partial charge in [-0.15, -0.1) is 0 Å². The first-order valence-corrected chi connectivity index (χ1v) is 8.40. The number of hydrogen-bond acceptors (Lipinski definition) is 4. The van der Waals surface area contributed by atoms with Crippen LogP contribution in [-0.2, 0) is 11.3 Å². The number of carbonyl (C=O) groups is 1. The monoisotopic (exact) mass is 342 g/mol. The number of rotatable bonds is 4. The second kappa shape index (κ2) is 7.38. The average Bonchev–Trinajstić information content (AvgIpc) is 2.64. The molecule has 0 saturated carbocycles. The number of amides is 1. The Morgan fingerprint density at radius 3 is 2.48 bits per heavy atom. The van der Waals surface area contributed by atoms with E-state index in [1.54, 1.807) is 4.90 Å². The lowest BCUT2D eigenvalue weighted by Gasteiger charge is -2.38. The van der Waals surface area contributed by atoms with E-state index in [0.29, 0.717) is 19.1 Å². The number of para-hydroxylation sites is 1. The number of nitrogens with one attached hydrogen (secondary N) is 1. The average molecular weight is 342 g/mol. The minimum atomic E-state index is -0.556. The van der Waals surface area contributed by atoms with E-state index in [0.717, 1.165) is 12.8 Å². The summed E-state index contributed by atoms with van der Waals surface area (Å²) >= 11 is 0. The topological polar surface area (TPSA) is 78.4 Å². The molecule has 25 heavy (non-hydrogen) atoms. The number of hydrogen-bond donors (Lipinski definition) is 1. The van der Waals surface area contributed by atoms with E-state index < -0.39 is 11.2 Å². The van der Waals surface area contributed by atoms with Crippen molar-refractivity contribution < 1.29 is 4.79 Å². The fraction of sp³-hybridized carbons (Fsp3) is 0.389. The maximum atomic E-state index is 12.4. The molecule has 0 unspecified atom stereocenters. The van der Waals surface area contributed by atoms with Gasteiger partial charge in [0, 0.05) is 44.1 Å². The van der Waals surface area contributed by atoms with Gasteiger partial charge >= 0.3 is 5.69 Å². The summed E-state index contributed by atoms with van der Waals surface area (Å²) in [6.45, 7) is 1.28. The predicted molar refractivity (Wildman–Crippen MR) is 95.8 cm³/mol. The van der Waals surface area contributed by atoms with Crippen LogP contribution in [0.25, 0.3) is 0 Å². The molecule has 2 aromatic rings. The molecule has 0 bridgehead atoms. The van der Waals surface area contributed by atoms with E-state index >= 15 is 0 Å². The highest BCUT2D eigenvalue weighted by atomic mass is 16.2. The number of H-pyrrole nitrogens is 1. The van der Waals surface area contributed by atoms with Crippen LogP contribution in [0.4, 0.5) is 5.69 Å². The largest absolute Gasteiger partial charge is 0.371 e. The lowest BCUT2D eigenvalue weighted by molar-refractivity contribution is -0.132. The maximum absolute atomic E-state index is 12.4. The molecule has 7 heteroatoms. The lowest BCUT2D eigenvalue weighted by Crippen LogP contribution is -2.47. The summed E-state index contributed by atoms with van der Waals surface area (Å²) in [7, 11) is 2.08. The van der Waals surface area contributed by atoms with Crippen molar-refractivity contribution in [1.82, 2.24) is 14.5 Å². The molecular formula is C18H22N4O3. The molecule has 1 fully saturated rings. The minimum Gasteiger partial charge on any atom is -0.371 e. The fourth-order valence-corrected chi connectivity index (χ4v) is 3.19. The first kappa shape index (κ1) is 17.0. The molecular weight excluding hydrogens is 320 g/mol. The van der Waals surface area contributed by atoms with Gasteiger partial charge in [-0.1, -0.05) is 18.2 Å². The zero-order valence-electron chi connectivity index (χ0n) is 14.2. The minimum absolute atomic E-state index is 0.0468. The molecule has 0 radical (unpaired) electrons. The first-order valence-electron chi connectivity index (χ1n) is 8.40. The van der Waals surface area contributed by atoms with Gasteiger partial charge in [-0.25, -0.2) is 4.79 Å². The smallest absolute Gasteiger partial charge is 0.328 e. The maximum Gasteiger partial charge on any atom is 0.328 e. The summed E-state index contributed by atoms with van der Waals surface area (Å²) < 4.78 is 1.23. The van der Waals surface area contributed by atoms with Crippen molar-refractivity contribution in [3.05, 3.63) is 63.4 Å². The molecule has 7 nitrogen and oxygen atoms in total. The van der Waals surface area contributed by atoms with Crippen LogP contribution in [-0.4, -0.2) is 46.5 Å². The Labute approximate surface area is 145 Å². The van der Waals surface area contributed by atoms with Gasteiger partial charge in [0.1, 0.15) is 6.54 Å². The van der Waals surface area contributed by atoms with Crippen LogP contribution in [0.3, 0.4) is 0 Å². The van der Waals surface area contributed by atoms with Crippen molar-refractivity contribution in [2.75, 3.05) is 25.0 Å². The molecule has 1 aliphatic rings. The van der Waals surface area contributed by atoms with E-state index in [9.17, 15) is 14.4 Å². The fourth-order valence-electron chi connectivity index (χ4n) is 3.19. The van der Waals surface area contributed by atoms with E-state index in [2.05, 4.69) is 29.1 Å². The number of anilines is 1. The predicted octanol–water partition coefficient (Wildman–Crippen LogP) is 0.664. The summed E-state index contributed by atoms with van der Waals surface area (Å²) in [6.07, 6.45) is 3.13. The molecule has 0 spiro atoms. The van der Waals surface area contributed by atoms with Crippen LogP contribution in [0.1, 0.15) is 12.8 Å². The number of carbonyl (C=O) groups excluding carboxylic acids is 1. The molecule has 1 aliphatic heterocycles. The highest BCUT2D eigenvalue weighted by Gasteiger charge is 2.25. The Hall–Kier alpha value is -2.83. The van der Waals surface area contributed by atoms with Gasteiger partial charge in [-0.05, 0) is 25.0 Å². The van der Waals surface area contributed by atoms with Crippen molar-refractivity contribution in [1.29, 1.82) is 0 Å². The third kappa shape index (κ3) is 3.99. The molecule has 1 aromatic heterocycles. The third-order valence-electron chi connectivity index (χ3n) is 4.73. The highest BCUT2D eigenvalue weighted by molar-refractivity contribution is 5.76. The van der Waals surface area contributed by atoms with Crippen LogP contribution in [0.15, 0.2) is 52.2 Å². The molecule has 1 amide bonds. The molecule has 3 rings (SSSR count). The number of piperidine rings is 1. The number of aromatic amines is 1. The van der Waals surface area contributed by atoms with Crippen LogP contribution in [0.5, 0.6) is 0 Å². The van der Waals surface area contributed by atoms with Crippen molar-refractivity contribution >= 4 is 11.6 Å². The highest BCUT2D eigenvalue weighted by Crippen LogP contribution is 2.21. The van der Waals surface area contributed by atoms with Gasteiger partial charge in [-0.3, -0.25) is 19.1 Å². The quantitative estimate of drug-likeness (QED) is 0.886. The van der Waals surface area contributed by atoms with Gasteiger partial charge in [0.15, 0.2) is 0 Å². The van der Waals surface area contributed by atoms with Gasteiger partial charge in [0.05, 0.1) is 0 Å². The summed E-state index contributed by atoms with van der Waals surface area (Å²) in [6, 6.07) is 11.8. The molecule has 1 aromatic carbocycles. The lowest BCUT2D eigenvalue weighted by atomic mass is 10.0. The molecule has 1 N–H and O–H groups in total. The van der Waals surface area contributed by atoms with E-state index in [4.69, 9.17) is 0 Å². The van der Waals surface area contributed by atoms with Crippen molar-refractivity contribution in [3.8, 4) is 0 Å². The Bertz CT molecular complexity index is 835. The molecule has 1 saturated heterocycles. The number of aromatic nitrogens is 2. The Balaban J connectivity index is 1.57. The van der Waals surface area contributed by atoms with E-state index in [1.165, 1.54) is 22.5 Å². The zero-order chi connectivity index (χ0) is 17.8. The molecule has 0 atom stereocenters. The van der Waals surface area contributed by atoms with Crippen molar-refractivity contribution in [3.63, 3.8) is 0 Å². The summed E-state index contributed by atoms with van der Waals surface area (Å²) in [5.41, 5.74) is 0.157. The van der Waals surface area contributed by atoms with Gasteiger partial charge in [0.25, 0.3) is 5.56 Å². The molecule has 0 aliphatic carbocycles. The normalized spacial score (nSPS) is 15.2. The van der Waals surface area contributed by atoms with Gasteiger partial charge in [0.2, 0.25) is 5.91 Å². The molecule has 132 valence electrons. The molecule has 2 heterocycles. The van der Waals surface area contributed by atoms with Crippen LogP contribution in [0, 0.1) is 0 Å².